The molecule has 0 saturated carbocycles. The normalized spacial score (nSPS) is 14.7. The first-order valence-electron chi connectivity index (χ1n) is 11.0. The van der Waals surface area contributed by atoms with E-state index < -0.39 is 0 Å². The topological polar surface area (TPSA) is 103 Å². The number of anilines is 2. The van der Waals surface area contributed by atoms with Crippen LogP contribution in [0.3, 0.4) is 0 Å². The van der Waals surface area contributed by atoms with Crippen LogP contribution in [0.5, 0.6) is 0 Å². The van der Waals surface area contributed by atoms with Crippen LogP contribution in [0.15, 0.2) is 61.6 Å². The van der Waals surface area contributed by atoms with Gasteiger partial charge in [0.25, 0.3) is 0 Å². The maximum Gasteiger partial charge on any atom is 0.229 e. The quantitative estimate of drug-likeness (QED) is 0.433. The van der Waals surface area contributed by atoms with Crippen LogP contribution in [0.4, 0.5) is 11.6 Å². The monoisotopic (exact) mass is 440 g/mol. The maximum absolute atomic E-state index is 4.67. The van der Waals surface area contributed by atoms with E-state index in [0.717, 1.165) is 59.6 Å². The van der Waals surface area contributed by atoms with Gasteiger partial charge in [0, 0.05) is 30.7 Å². The molecule has 5 aromatic rings. The molecule has 1 aromatic carbocycles. The number of nitrogens with one attached hydrogen (secondary N) is 2. The fraction of sp³-hybridized carbons (Fsp3) is 0.261. The zero-order valence-electron chi connectivity index (χ0n) is 18.3. The number of nitrogens with zero attached hydrogens (tertiary/aromatic N) is 8. The molecule has 2 N–H and O–H groups in total. The van der Waals surface area contributed by atoms with E-state index in [2.05, 4.69) is 70.9 Å². The summed E-state index contributed by atoms with van der Waals surface area (Å²) >= 11 is 0. The van der Waals surface area contributed by atoms with E-state index >= 15 is 0 Å². The van der Waals surface area contributed by atoms with Gasteiger partial charge in [-0.1, -0.05) is 12.1 Å². The van der Waals surface area contributed by atoms with Gasteiger partial charge in [-0.3, -0.25) is 13.9 Å². The molecule has 0 radical (unpaired) electrons. The number of benzene rings is 1. The zero-order chi connectivity index (χ0) is 22.2. The third-order valence-corrected chi connectivity index (χ3v) is 6.01. The highest BCUT2D eigenvalue weighted by molar-refractivity contribution is 5.74. The van der Waals surface area contributed by atoms with Crippen molar-refractivity contribution in [3.63, 3.8) is 0 Å². The minimum Gasteiger partial charge on any atom is -0.321 e. The molecule has 1 saturated heterocycles. The molecule has 1 fully saturated rings. The number of aryl methyl sites for hydroxylation is 1. The Labute approximate surface area is 190 Å². The number of rotatable bonds is 5. The fourth-order valence-electron chi connectivity index (χ4n) is 4.25. The molecule has 0 amide bonds. The Balaban J connectivity index is 1.26. The van der Waals surface area contributed by atoms with Crippen molar-refractivity contribution in [1.29, 1.82) is 0 Å². The number of hydrogen-bond donors (Lipinski definition) is 2. The molecule has 1 aliphatic rings. The predicted molar refractivity (Wildman–Crippen MR) is 126 cm³/mol. The van der Waals surface area contributed by atoms with Gasteiger partial charge < -0.3 is 10.6 Å². The summed E-state index contributed by atoms with van der Waals surface area (Å²) in [5.41, 5.74) is 5.55. The molecule has 0 aliphatic carbocycles. The van der Waals surface area contributed by atoms with Crippen LogP contribution in [0, 0.1) is 0 Å². The van der Waals surface area contributed by atoms with Crippen LogP contribution in [0.25, 0.3) is 28.0 Å². The van der Waals surface area contributed by atoms with Crippen molar-refractivity contribution >= 4 is 22.8 Å². The van der Waals surface area contributed by atoms with E-state index in [4.69, 9.17) is 0 Å². The minimum atomic E-state index is 0.478. The van der Waals surface area contributed by atoms with Crippen molar-refractivity contribution in [2.75, 3.05) is 18.4 Å². The summed E-state index contributed by atoms with van der Waals surface area (Å²) in [6.07, 6.45) is 13.4. The second-order valence-corrected chi connectivity index (χ2v) is 8.28. The average molecular weight is 441 g/mol. The Bertz CT molecular complexity index is 1390. The molecule has 4 aromatic heterocycles. The van der Waals surface area contributed by atoms with Crippen molar-refractivity contribution in [2.45, 2.75) is 18.9 Å². The standard InChI is InChI=1S/C23H24N10/c1-31-14-18(11-27-31)29-23-25-12-21-22(30-23)32(15-26-21)19-4-2-16(3-5-19)17-10-28-33(13-17)20-6-8-24-9-7-20/h2-5,10-15,20,24H,6-9H2,1H3,(H,25,29,30). The van der Waals surface area contributed by atoms with Crippen LogP contribution in [0.1, 0.15) is 18.9 Å². The SMILES string of the molecule is Cn1cc(Nc2ncc3ncn(-c4ccc(-c5cnn(C6CCNCC6)c5)cc4)c3n2)cn1. The molecule has 33 heavy (non-hydrogen) atoms. The highest BCUT2D eigenvalue weighted by Gasteiger charge is 2.16. The predicted octanol–water partition coefficient (Wildman–Crippen LogP) is 3.08. The van der Waals surface area contributed by atoms with Gasteiger partial charge >= 0.3 is 0 Å². The first kappa shape index (κ1) is 19.6. The van der Waals surface area contributed by atoms with E-state index in [1.807, 2.05) is 24.0 Å². The van der Waals surface area contributed by atoms with Gasteiger partial charge in [0.15, 0.2) is 5.65 Å². The number of imidazole rings is 1. The average Bonchev–Trinajstić information content (AvgIpc) is 3.60. The first-order chi connectivity index (χ1) is 16.2. The summed E-state index contributed by atoms with van der Waals surface area (Å²) in [6, 6.07) is 8.86. The summed E-state index contributed by atoms with van der Waals surface area (Å²) in [6.45, 7) is 2.10. The molecule has 1 aliphatic heterocycles. The van der Waals surface area contributed by atoms with Crippen molar-refractivity contribution in [3.05, 3.63) is 61.6 Å². The van der Waals surface area contributed by atoms with Crippen molar-refractivity contribution < 1.29 is 0 Å². The molecule has 5 heterocycles. The van der Waals surface area contributed by atoms with E-state index in [0.29, 0.717) is 12.0 Å². The molecule has 166 valence electrons. The summed E-state index contributed by atoms with van der Waals surface area (Å²) < 4.78 is 5.80. The Kier molecular flexibility index (Phi) is 4.84. The summed E-state index contributed by atoms with van der Waals surface area (Å²) in [5.74, 6) is 0.499. The van der Waals surface area contributed by atoms with Crippen LogP contribution in [-0.2, 0) is 7.05 Å². The Morgan fingerprint density at radius 1 is 0.939 bits per heavy atom. The van der Waals surface area contributed by atoms with E-state index in [-0.39, 0.29) is 0 Å². The fourth-order valence-corrected chi connectivity index (χ4v) is 4.25. The van der Waals surface area contributed by atoms with E-state index in [1.165, 1.54) is 0 Å². The number of aromatic nitrogens is 8. The summed E-state index contributed by atoms with van der Waals surface area (Å²) in [5, 5.41) is 15.4. The van der Waals surface area contributed by atoms with Crippen molar-refractivity contribution in [3.8, 4) is 16.8 Å². The Morgan fingerprint density at radius 2 is 1.79 bits per heavy atom. The van der Waals surface area contributed by atoms with E-state index in [1.54, 1.807) is 23.4 Å². The highest BCUT2D eigenvalue weighted by Crippen LogP contribution is 2.25. The van der Waals surface area contributed by atoms with Gasteiger partial charge in [0.2, 0.25) is 5.95 Å². The van der Waals surface area contributed by atoms with Gasteiger partial charge in [-0.2, -0.15) is 15.2 Å². The molecule has 10 heteroatoms. The molecule has 0 unspecified atom stereocenters. The number of hydrogen-bond acceptors (Lipinski definition) is 7. The second-order valence-electron chi connectivity index (χ2n) is 8.28. The van der Waals surface area contributed by atoms with Crippen molar-refractivity contribution in [1.82, 2.24) is 44.4 Å². The van der Waals surface area contributed by atoms with E-state index in [9.17, 15) is 0 Å². The second kappa shape index (κ2) is 8.14. The molecule has 10 nitrogen and oxygen atoms in total. The van der Waals surface area contributed by atoms with Crippen LogP contribution in [-0.4, -0.2) is 52.2 Å². The molecule has 0 bridgehead atoms. The lowest BCUT2D eigenvalue weighted by Crippen LogP contribution is -2.29. The minimum absolute atomic E-state index is 0.478. The number of piperidine rings is 1. The Hall–Kier alpha value is -4.05. The lowest BCUT2D eigenvalue weighted by molar-refractivity contribution is 0.343. The largest absolute Gasteiger partial charge is 0.321 e. The highest BCUT2D eigenvalue weighted by atomic mass is 15.3. The van der Waals surface area contributed by atoms with Gasteiger partial charge in [-0.25, -0.2) is 9.97 Å². The molecular formula is C23H24N10. The molecule has 6 rings (SSSR count). The first-order valence-corrected chi connectivity index (χ1v) is 11.0. The maximum atomic E-state index is 4.67. The summed E-state index contributed by atoms with van der Waals surface area (Å²) in [4.78, 5) is 13.5. The van der Waals surface area contributed by atoms with Gasteiger partial charge in [0.05, 0.1) is 30.3 Å². The van der Waals surface area contributed by atoms with Gasteiger partial charge in [-0.05, 0) is 43.6 Å². The lowest BCUT2D eigenvalue weighted by Gasteiger charge is -2.22. The molecule has 0 spiro atoms. The van der Waals surface area contributed by atoms with Gasteiger partial charge in [-0.15, -0.1) is 0 Å². The Morgan fingerprint density at radius 3 is 2.58 bits per heavy atom. The van der Waals surface area contributed by atoms with Crippen LogP contribution >= 0.6 is 0 Å². The zero-order valence-corrected chi connectivity index (χ0v) is 18.3. The molecular weight excluding hydrogens is 416 g/mol. The smallest absolute Gasteiger partial charge is 0.229 e. The van der Waals surface area contributed by atoms with Crippen LogP contribution in [0.2, 0.25) is 0 Å². The summed E-state index contributed by atoms with van der Waals surface area (Å²) in [7, 11) is 1.87. The van der Waals surface area contributed by atoms with Crippen molar-refractivity contribution in [2.24, 2.45) is 7.05 Å². The lowest BCUT2D eigenvalue weighted by atomic mass is 10.1. The third kappa shape index (κ3) is 3.85. The molecule has 0 atom stereocenters. The number of fused-ring (bicyclic) bond motifs is 1. The van der Waals surface area contributed by atoms with Crippen LogP contribution < -0.4 is 10.6 Å². The van der Waals surface area contributed by atoms with Gasteiger partial charge in [0.1, 0.15) is 11.8 Å². The third-order valence-electron chi connectivity index (χ3n) is 6.01.